The molecular weight excluding hydrogens is 773 g/mol. The molecule has 15 heteroatoms. The van der Waals surface area contributed by atoms with Crippen LogP contribution in [0.15, 0.2) is 75.4 Å². The van der Waals surface area contributed by atoms with Gasteiger partial charge in [-0.1, -0.05) is 67.8 Å². The van der Waals surface area contributed by atoms with Crippen molar-refractivity contribution >= 4 is 32.9 Å². The van der Waals surface area contributed by atoms with E-state index in [9.17, 15) is 19.2 Å². The van der Waals surface area contributed by atoms with E-state index in [1.807, 2.05) is 58.9 Å². The Labute approximate surface area is 351 Å². The number of esters is 1. The van der Waals surface area contributed by atoms with Crippen LogP contribution in [0.4, 0.5) is 0 Å². The van der Waals surface area contributed by atoms with E-state index in [2.05, 4.69) is 49.3 Å². The third-order valence-corrected chi connectivity index (χ3v) is 12.0. The fraction of sp³-hybridized carbons (Fsp3) is 0.523. The number of amides is 1. The summed E-state index contributed by atoms with van der Waals surface area (Å²) in [6, 6.07) is 16.8. The van der Waals surface area contributed by atoms with Gasteiger partial charge in [0.15, 0.2) is 6.40 Å². The predicted octanol–water partition coefficient (Wildman–Crippen LogP) is 7.07. The number of hydrogen-bond donors (Lipinski definition) is 3. The molecule has 1 saturated heterocycles. The summed E-state index contributed by atoms with van der Waals surface area (Å²) >= 11 is 0. The maximum absolute atomic E-state index is 12.9. The monoisotopic (exact) mass is 838 g/mol. The Hall–Kier alpha value is -4.46. The van der Waals surface area contributed by atoms with Gasteiger partial charge in [0.05, 0.1) is 17.8 Å². The average Bonchev–Trinajstić information content (AvgIpc) is 3.79. The number of H-pyrrole nitrogens is 1. The highest BCUT2D eigenvalue weighted by Crippen LogP contribution is 2.49. The smallest absolute Gasteiger partial charge is 0.330 e. The minimum absolute atomic E-state index is 0.0532. The maximum atomic E-state index is 12.9. The maximum Gasteiger partial charge on any atom is 0.330 e. The summed E-state index contributed by atoms with van der Waals surface area (Å²) in [5, 5.41) is 6.33. The number of hydrogen-bond acceptors (Lipinski definition) is 11. The molecule has 0 radical (unpaired) electrons. The van der Waals surface area contributed by atoms with Crippen molar-refractivity contribution in [1.82, 2.24) is 19.5 Å². The van der Waals surface area contributed by atoms with Gasteiger partial charge in [0.1, 0.15) is 12.8 Å². The zero-order chi connectivity index (χ0) is 44.3. The van der Waals surface area contributed by atoms with Gasteiger partial charge in [-0.2, -0.15) is 0 Å². The Morgan fingerprint density at radius 2 is 1.73 bits per heavy atom. The van der Waals surface area contributed by atoms with Crippen LogP contribution in [0.3, 0.4) is 0 Å². The van der Waals surface area contributed by atoms with E-state index >= 15 is 0 Å². The van der Waals surface area contributed by atoms with E-state index in [0.717, 1.165) is 32.1 Å². The number of carbonyl (C=O) groups excluding carboxylic acids is 2. The average molecular weight is 839 g/mol. The second kappa shape index (κ2) is 24.0. The Morgan fingerprint density at radius 1 is 1.08 bits per heavy atom. The molecular formula is C44H62N5O9P. The lowest BCUT2D eigenvalue weighted by Gasteiger charge is -2.36. The number of fused-ring (bicyclic) bond motifs is 3. The summed E-state index contributed by atoms with van der Waals surface area (Å²) in [6.07, 6.45) is 8.18. The first-order chi connectivity index (χ1) is 29.4. The molecule has 3 N–H and O–H groups in total. The molecule has 3 aromatic rings. The number of aliphatic imine (C=N–C) groups is 1. The second-order valence-electron chi connectivity index (χ2n) is 14.8. The van der Waals surface area contributed by atoms with E-state index in [1.54, 1.807) is 0 Å². The Balaban J connectivity index is 0.00000265. The molecule has 0 saturated carbocycles. The van der Waals surface area contributed by atoms with Gasteiger partial charge in [-0.25, -0.2) is 9.46 Å². The zero-order valence-corrected chi connectivity index (χ0v) is 36.0. The van der Waals surface area contributed by atoms with E-state index in [-0.39, 0.29) is 48.8 Å². The van der Waals surface area contributed by atoms with Crippen molar-refractivity contribution in [1.29, 1.82) is 1.43 Å². The molecule has 1 aliphatic heterocycles. The van der Waals surface area contributed by atoms with Gasteiger partial charge in [-0.05, 0) is 82.7 Å². The highest BCUT2D eigenvalue weighted by atomic mass is 31.2. The van der Waals surface area contributed by atoms with Crippen molar-refractivity contribution < 1.29 is 34.6 Å². The van der Waals surface area contributed by atoms with Crippen LogP contribution in [-0.4, -0.2) is 90.1 Å². The largest absolute Gasteiger partial charge is 0.465 e. The summed E-state index contributed by atoms with van der Waals surface area (Å²) in [5.74, 6) is -0.501. The molecule has 1 amide bonds. The van der Waals surface area contributed by atoms with E-state index < -0.39 is 38.2 Å². The standard InChI is InChI=1S/C43H58N5O8P.CH4O/c1-7-44-28-54-57(48(29(2)3)30(4)5)56-38-25-40(55-31(38)6)47-26-32(42(51)46-43(47)52)22-23-39(49)45-24-16-10-8-9-11-21-41(50)53-27-37-35-19-14-12-17-33(35)34-18-13-15-20-36(34)37;1-2/h12-15,17-20,22-23,26,28-31,37-38,40H,7-11,16,21,24-25,27H2,1-6H3,(H,45,49)(H,46,51,52);2H,1H3/b23-22+,44-28?;/t31-,38-,40-,57?;/m1./s1/i6D;2T. The van der Waals surface area contributed by atoms with E-state index in [0.29, 0.717) is 26.1 Å². The van der Waals surface area contributed by atoms with E-state index in [1.165, 1.54) is 58.7 Å². The first kappa shape index (κ1) is 44.1. The molecule has 0 bridgehead atoms. The molecule has 4 atom stereocenters. The molecule has 2 aliphatic rings. The number of aliphatic hydroxyl groups is 1. The van der Waals surface area contributed by atoms with Crippen molar-refractivity contribution in [3.63, 3.8) is 0 Å². The molecule has 1 fully saturated rings. The van der Waals surface area contributed by atoms with Gasteiger partial charge in [-0.3, -0.25) is 28.9 Å². The Bertz CT molecular complexity index is 1970. The number of nitrogens with one attached hydrogen (secondary N) is 2. The third-order valence-electron chi connectivity index (χ3n) is 10.00. The number of aromatic amines is 1. The molecule has 1 aromatic heterocycles. The van der Waals surface area contributed by atoms with Crippen molar-refractivity contribution in [2.75, 3.05) is 26.8 Å². The molecule has 2 aromatic carbocycles. The highest BCUT2D eigenvalue weighted by Gasteiger charge is 2.40. The number of benzene rings is 2. The van der Waals surface area contributed by atoms with E-state index in [4.69, 9.17) is 21.3 Å². The van der Waals surface area contributed by atoms with Gasteiger partial charge >= 0.3 is 20.2 Å². The highest BCUT2D eigenvalue weighted by molar-refractivity contribution is 7.45. The van der Waals surface area contributed by atoms with Crippen LogP contribution in [0.25, 0.3) is 17.2 Å². The van der Waals surface area contributed by atoms with Crippen LogP contribution in [0, 0.1) is 0 Å². The summed E-state index contributed by atoms with van der Waals surface area (Å²) in [5.41, 5.74) is 3.60. The molecule has 5 rings (SSSR count). The number of ether oxygens (including phenoxy) is 2. The lowest BCUT2D eigenvalue weighted by Crippen LogP contribution is -2.35. The quantitative estimate of drug-likeness (QED) is 0.0251. The number of carbonyl (C=O) groups is 2. The topological polar surface area (TPSA) is 174 Å². The fourth-order valence-corrected chi connectivity index (χ4v) is 8.86. The number of aliphatic hydroxyl groups excluding tert-OH is 1. The van der Waals surface area contributed by atoms with Gasteiger partial charge in [0, 0.05) is 64.7 Å². The first-order valence-electron chi connectivity index (χ1n) is 21.5. The number of aromatic nitrogens is 2. The van der Waals surface area contributed by atoms with Crippen LogP contribution in [-0.2, 0) is 28.1 Å². The molecule has 0 spiro atoms. The van der Waals surface area contributed by atoms with Crippen molar-refractivity contribution in [2.24, 2.45) is 4.99 Å². The Morgan fingerprint density at radius 3 is 2.37 bits per heavy atom. The molecule has 59 heavy (non-hydrogen) atoms. The molecule has 322 valence electrons. The van der Waals surface area contributed by atoms with Crippen molar-refractivity contribution in [3.05, 3.63) is 98.3 Å². The summed E-state index contributed by atoms with van der Waals surface area (Å²) in [6.45, 7) is 11.3. The molecule has 1 aliphatic carbocycles. The minimum Gasteiger partial charge on any atom is -0.465 e. The van der Waals surface area contributed by atoms with Crippen molar-refractivity contribution in [3.8, 4) is 11.1 Å². The van der Waals surface area contributed by atoms with Crippen LogP contribution in [0.1, 0.15) is 117 Å². The fourth-order valence-electron chi connectivity index (χ4n) is 7.24. The van der Waals surface area contributed by atoms with Crippen LogP contribution < -0.4 is 16.6 Å². The summed E-state index contributed by atoms with van der Waals surface area (Å²) in [4.78, 5) is 57.2. The molecule has 14 nitrogen and oxygen atoms in total. The Kier molecular flexibility index (Phi) is 17.9. The van der Waals surface area contributed by atoms with Crippen molar-refractivity contribution in [2.45, 2.75) is 123 Å². The SMILES string of the molecule is [2H]C[C@H]1O[C@@H](n2cc(/C=C/C(=O)NCCCCCCCC(=O)OCC3c4ccccc4-c4ccccc43)c(=O)[nH]c2=O)C[C@H]1OP(OC=NCC)N(C(C)C)C(C)C.[3H]OC. The lowest BCUT2D eigenvalue weighted by molar-refractivity contribution is -0.144. The third kappa shape index (κ3) is 13.3. The second-order valence-corrected chi connectivity index (χ2v) is 16.2. The summed E-state index contributed by atoms with van der Waals surface area (Å²) in [7, 11) is -0.312. The lowest BCUT2D eigenvalue weighted by atomic mass is 9.98. The van der Waals surface area contributed by atoms with Crippen LogP contribution in [0.5, 0.6) is 0 Å². The van der Waals surface area contributed by atoms with Gasteiger partial charge in [-0.15, -0.1) is 0 Å². The van der Waals surface area contributed by atoms with Crippen LogP contribution >= 0.6 is 8.53 Å². The zero-order valence-electron chi connectivity index (χ0n) is 37.1. The number of unbranched alkanes of at least 4 members (excludes halogenated alkanes) is 4. The molecule has 2 heterocycles. The van der Waals surface area contributed by atoms with Gasteiger partial charge < -0.3 is 28.9 Å². The first-order valence-corrected chi connectivity index (χ1v) is 21.6. The van der Waals surface area contributed by atoms with Crippen LogP contribution in [0.2, 0.25) is 0 Å². The predicted molar refractivity (Wildman–Crippen MR) is 232 cm³/mol. The number of nitrogens with zero attached hydrogens (tertiary/aromatic N) is 3. The normalized spacial score (nSPS) is 18.4. The minimum atomic E-state index is -1.60. The van der Waals surface area contributed by atoms with Gasteiger partial charge in [0.2, 0.25) is 7.34 Å². The van der Waals surface area contributed by atoms with Gasteiger partial charge in [0.25, 0.3) is 5.56 Å². The molecule has 1 unspecified atom stereocenters. The number of rotatable bonds is 21. The summed E-state index contributed by atoms with van der Waals surface area (Å²) < 4.78 is 41.4.